The molecule has 1 amide bonds. The van der Waals surface area contributed by atoms with Crippen LogP contribution in [0.3, 0.4) is 0 Å². The van der Waals surface area contributed by atoms with Crippen LogP contribution in [0.1, 0.15) is 52.7 Å². The molecule has 2 unspecified atom stereocenters. The van der Waals surface area contributed by atoms with Crippen LogP contribution in [-0.2, 0) is 11.2 Å². The average molecular weight is 306 g/mol. The Morgan fingerprint density at radius 3 is 2.91 bits per heavy atom. The number of hydrogen-bond donors (Lipinski definition) is 3. The number of carbonyl (C=O) groups is 1. The van der Waals surface area contributed by atoms with Crippen molar-refractivity contribution in [3.8, 4) is 0 Å². The molecule has 1 aliphatic rings. The first-order valence-electron chi connectivity index (χ1n) is 8.38. The molecule has 5 nitrogen and oxygen atoms in total. The van der Waals surface area contributed by atoms with Crippen LogP contribution in [0.5, 0.6) is 0 Å². The second-order valence-corrected chi connectivity index (χ2v) is 7.85. The van der Waals surface area contributed by atoms with E-state index in [0.717, 1.165) is 25.2 Å². The van der Waals surface area contributed by atoms with Gasteiger partial charge in [0.05, 0.1) is 0 Å². The number of nitrogens with zero attached hydrogens (tertiary/aromatic N) is 1. The van der Waals surface area contributed by atoms with E-state index < -0.39 is 0 Å². The Kier molecular flexibility index (Phi) is 5.62. The van der Waals surface area contributed by atoms with E-state index in [1.165, 1.54) is 12.8 Å². The zero-order chi connectivity index (χ0) is 16.2. The minimum atomic E-state index is 0.0619. The molecule has 2 atom stereocenters. The van der Waals surface area contributed by atoms with Gasteiger partial charge in [0.25, 0.3) is 0 Å². The molecule has 2 rings (SSSR count). The monoisotopic (exact) mass is 306 g/mol. The number of aromatic nitrogens is 2. The molecule has 0 aromatic carbocycles. The van der Waals surface area contributed by atoms with E-state index in [0.29, 0.717) is 24.1 Å². The Balaban J connectivity index is 1.81. The summed E-state index contributed by atoms with van der Waals surface area (Å²) in [7, 11) is 0. The Morgan fingerprint density at radius 2 is 2.27 bits per heavy atom. The van der Waals surface area contributed by atoms with Gasteiger partial charge in [-0.2, -0.15) is 5.10 Å². The van der Waals surface area contributed by atoms with Crippen LogP contribution < -0.4 is 10.6 Å². The first kappa shape index (κ1) is 17.0. The lowest BCUT2D eigenvalue weighted by Gasteiger charge is -2.27. The third-order valence-corrected chi connectivity index (χ3v) is 4.27. The number of aromatic amines is 1. The number of piperidine rings is 1. The number of carbonyl (C=O) groups excluding carboxylic acids is 1. The normalized spacial score (nSPS) is 20.6. The number of amides is 1. The van der Waals surface area contributed by atoms with Gasteiger partial charge in [0.15, 0.2) is 5.82 Å². The van der Waals surface area contributed by atoms with E-state index >= 15 is 0 Å². The largest absolute Gasteiger partial charge is 0.316 e. The quantitative estimate of drug-likeness (QED) is 0.783. The molecular formula is C17H30N4O. The lowest BCUT2D eigenvalue weighted by molar-refractivity contribution is -0.117. The van der Waals surface area contributed by atoms with Crippen molar-refractivity contribution >= 4 is 11.7 Å². The lowest BCUT2D eigenvalue weighted by Crippen LogP contribution is -2.34. The van der Waals surface area contributed by atoms with Crippen molar-refractivity contribution in [3.63, 3.8) is 0 Å². The summed E-state index contributed by atoms with van der Waals surface area (Å²) in [5, 5.41) is 13.5. The van der Waals surface area contributed by atoms with Crippen LogP contribution in [0, 0.1) is 17.3 Å². The number of hydrogen-bond acceptors (Lipinski definition) is 3. The lowest BCUT2D eigenvalue weighted by atomic mass is 9.85. The molecule has 22 heavy (non-hydrogen) atoms. The van der Waals surface area contributed by atoms with Crippen LogP contribution in [0.4, 0.5) is 5.82 Å². The predicted octanol–water partition coefficient (Wildman–Crippen LogP) is 2.96. The van der Waals surface area contributed by atoms with Crippen molar-refractivity contribution in [1.82, 2.24) is 15.5 Å². The highest BCUT2D eigenvalue weighted by Gasteiger charge is 2.22. The van der Waals surface area contributed by atoms with Crippen molar-refractivity contribution in [1.29, 1.82) is 0 Å². The first-order chi connectivity index (χ1) is 10.3. The van der Waals surface area contributed by atoms with E-state index in [1.54, 1.807) is 0 Å². The van der Waals surface area contributed by atoms with Crippen molar-refractivity contribution in [3.05, 3.63) is 11.8 Å². The highest BCUT2D eigenvalue weighted by Crippen LogP contribution is 2.23. The van der Waals surface area contributed by atoms with Gasteiger partial charge in [0.1, 0.15) is 0 Å². The minimum Gasteiger partial charge on any atom is -0.316 e. The molecule has 0 bridgehead atoms. The molecule has 1 aliphatic heterocycles. The standard InChI is InChI=1S/C17H30N4O/c1-12(13-6-5-7-18-11-13)8-16(22)19-15-9-14(20-21-15)10-17(2,3)4/h9,12-13,18H,5-8,10-11H2,1-4H3,(H2,19,20,21,22). The molecule has 1 fully saturated rings. The number of H-pyrrole nitrogens is 1. The summed E-state index contributed by atoms with van der Waals surface area (Å²) in [5.41, 5.74) is 1.27. The first-order valence-corrected chi connectivity index (χ1v) is 8.38. The van der Waals surface area contributed by atoms with Crippen molar-refractivity contribution in [2.75, 3.05) is 18.4 Å². The second-order valence-electron chi connectivity index (χ2n) is 7.85. The fraction of sp³-hybridized carbons (Fsp3) is 0.765. The fourth-order valence-electron chi connectivity index (χ4n) is 3.11. The topological polar surface area (TPSA) is 69.8 Å². The van der Waals surface area contributed by atoms with Crippen LogP contribution in [0.25, 0.3) is 0 Å². The van der Waals surface area contributed by atoms with Gasteiger partial charge in [-0.25, -0.2) is 0 Å². The number of nitrogens with one attached hydrogen (secondary N) is 3. The zero-order valence-corrected chi connectivity index (χ0v) is 14.3. The van der Waals surface area contributed by atoms with Crippen LogP contribution in [0.2, 0.25) is 0 Å². The fourth-order valence-corrected chi connectivity index (χ4v) is 3.11. The molecule has 3 N–H and O–H groups in total. The van der Waals surface area contributed by atoms with Crippen LogP contribution in [0.15, 0.2) is 6.07 Å². The molecule has 0 radical (unpaired) electrons. The van der Waals surface area contributed by atoms with Gasteiger partial charge in [-0.15, -0.1) is 0 Å². The van der Waals surface area contributed by atoms with Gasteiger partial charge < -0.3 is 10.6 Å². The van der Waals surface area contributed by atoms with Crippen molar-refractivity contribution in [2.45, 2.75) is 53.4 Å². The molecule has 0 saturated carbocycles. The molecule has 1 saturated heterocycles. The summed E-state index contributed by atoms with van der Waals surface area (Å²) in [6.07, 6.45) is 3.92. The van der Waals surface area contributed by atoms with Gasteiger partial charge >= 0.3 is 0 Å². The Labute approximate surface area is 133 Å². The maximum Gasteiger partial charge on any atom is 0.225 e. The molecule has 124 valence electrons. The van der Waals surface area contributed by atoms with Gasteiger partial charge in [-0.05, 0) is 49.6 Å². The summed E-state index contributed by atoms with van der Waals surface area (Å²) >= 11 is 0. The van der Waals surface area contributed by atoms with E-state index in [-0.39, 0.29) is 11.3 Å². The average Bonchev–Trinajstić information content (AvgIpc) is 2.84. The Morgan fingerprint density at radius 1 is 1.50 bits per heavy atom. The number of rotatable bonds is 5. The summed E-state index contributed by atoms with van der Waals surface area (Å²) in [4.78, 5) is 12.2. The van der Waals surface area contributed by atoms with E-state index in [1.807, 2.05) is 6.07 Å². The minimum absolute atomic E-state index is 0.0619. The summed E-state index contributed by atoms with van der Waals surface area (Å²) in [5.74, 6) is 1.71. The Hall–Kier alpha value is -1.36. The summed E-state index contributed by atoms with van der Waals surface area (Å²) in [6.45, 7) is 10.9. The van der Waals surface area contributed by atoms with Crippen LogP contribution >= 0.6 is 0 Å². The molecule has 0 spiro atoms. The van der Waals surface area contributed by atoms with Gasteiger partial charge in [-0.1, -0.05) is 27.7 Å². The highest BCUT2D eigenvalue weighted by molar-refractivity contribution is 5.89. The van der Waals surface area contributed by atoms with E-state index in [2.05, 4.69) is 48.5 Å². The summed E-state index contributed by atoms with van der Waals surface area (Å²) < 4.78 is 0. The molecule has 1 aromatic heterocycles. The predicted molar refractivity (Wildman–Crippen MR) is 89.8 cm³/mol. The van der Waals surface area contributed by atoms with Gasteiger partial charge in [-0.3, -0.25) is 9.89 Å². The molecular weight excluding hydrogens is 276 g/mol. The van der Waals surface area contributed by atoms with E-state index in [4.69, 9.17) is 0 Å². The molecule has 0 aliphatic carbocycles. The second kappa shape index (κ2) is 7.27. The van der Waals surface area contributed by atoms with Gasteiger partial charge in [0.2, 0.25) is 5.91 Å². The zero-order valence-electron chi connectivity index (χ0n) is 14.3. The van der Waals surface area contributed by atoms with Crippen molar-refractivity contribution < 1.29 is 4.79 Å². The highest BCUT2D eigenvalue weighted by atomic mass is 16.1. The summed E-state index contributed by atoms with van der Waals surface area (Å²) in [6, 6.07) is 1.94. The van der Waals surface area contributed by atoms with Crippen molar-refractivity contribution in [2.24, 2.45) is 17.3 Å². The smallest absolute Gasteiger partial charge is 0.225 e. The molecule has 1 aromatic rings. The molecule has 2 heterocycles. The third kappa shape index (κ3) is 5.44. The van der Waals surface area contributed by atoms with E-state index in [9.17, 15) is 4.79 Å². The SMILES string of the molecule is CC(CC(=O)Nc1cc(CC(C)(C)C)[nH]n1)C1CCCNC1. The third-order valence-electron chi connectivity index (χ3n) is 4.27. The number of anilines is 1. The Bertz CT molecular complexity index is 483. The maximum absolute atomic E-state index is 12.2. The van der Waals surface area contributed by atoms with Crippen LogP contribution in [-0.4, -0.2) is 29.2 Å². The molecule has 5 heteroatoms. The maximum atomic E-state index is 12.2. The van der Waals surface area contributed by atoms with Gasteiger partial charge in [0, 0.05) is 18.2 Å².